The minimum atomic E-state index is -0.772. The molecule has 0 bridgehead atoms. The van der Waals surface area contributed by atoms with Crippen molar-refractivity contribution in [3.05, 3.63) is 29.7 Å². The summed E-state index contributed by atoms with van der Waals surface area (Å²) >= 11 is 0. The minimum absolute atomic E-state index is 0.428. The van der Waals surface area contributed by atoms with E-state index in [1.165, 1.54) is 5.56 Å². The quantitative estimate of drug-likeness (QED) is 0.877. The summed E-state index contributed by atoms with van der Waals surface area (Å²) in [6.07, 6.45) is 7.07. The molecule has 120 valence electrons. The summed E-state index contributed by atoms with van der Waals surface area (Å²) in [5.74, 6) is 1.14. The minimum Gasteiger partial charge on any atom is -0.388 e. The van der Waals surface area contributed by atoms with Crippen molar-refractivity contribution in [3.63, 3.8) is 0 Å². The SMILES string of the molecule is Cc1noc(CC2(O)CCCN(CCc3cnn(C)c3)C2)n1. The van der Waals surface area contributed by atoms with Gasteiger partial charge in [0.1, 0.15) is 0 Å². The number of aliphatic hydroxyl groups is 1. The third kappa shape index (κ3) is 3.72. The Kier molecular flexibility index (Phi) is 4.26. The van der Waals surface area contributed by atoms with E-state index >= 15 is 0 Å². The van der Waals surface area contributed by atoms with Crippen LogP contribution in [-0.4, -0.2) is 55.2 Å². The largest absolute Gasteiger partial charge is 0.388 e. The highest BCUT2D eigenvalue weighted by Crippen LogP contribution is 2.25. The van der Waals surface area contributed by atoms with E-state index in [1.807, 2.05) is 24.1 Å². The monoisotopic (exact) mass is 305 g/mol. The van der Waals surface area contributed by atoms with E-state index in [2.05, 4.69) is 20.1 Å². The lowest BCUT2D eigenvalue weighted by atomic mass is 9.89. The predicted molar refractivity (Wildman–Crippen MR) is 80.3 cm³/mol. The molecule has 1 aliphatic rings. The van der Waals surface area contributed by atoms with Gasteiger partial charge >= 0.3 is 0 Å². The van der Waals surface area contributed by atoms with E-state index in [-0.39, 0.29) is 0 Å². The molecule has 1 fully saturated rings. The molecule has 0 spiro atoms. The summed E-state index contributed by atoms with van der Waals surface area (Å²) in [6.45, 7) is 4.38. The molecule has 3 heterocycles. The van der Waals surface area contributed by atoms with Gasteiger partial charge in [-0.2, -0.15) is 10.1 Å². The normalized spacial score (nSPS) is 23.0. The summed E-state index contributed by atoms with van der Waals surface area (Å²) in [4.78, 5) is 6.51. The molecule has 0 radical (unpaired) electrons. The zero-order valence-corrected chi connectivity index (χ0v) is 13.2. The van der Waals surface area contributed by atoms with E-state index in [9.17, 15) is 5.11 Å². The van der Waals surface area contributed by atoms with Crippen LogP contribution in [0.15, 0.2) is 16.9 Å². The molecule has 0 aromatic carbocycles. The summed E-state index contributed by atoms with van der Waals surface area (Å²) in [7, 11) is 1.93. The van der Waals surface area contributed by atoms with Crippen LogP contribution in [0.5, 0.6) is 0 Å². The van der Waals surface area contributed by atoms with Gasteiger partial charge in [-0.1, -0.05) is 5.16 Å². The second-order valence-corrected chi connectivity index (χ2v) is 6.29. The topological polar surface area (TPSA) is 80.2 Å². The Balaban J connectivity index is 1.56. The van der Waals surface area contributed by atoms with Crippen LogP contribution in [0, 0.1) is 6.92 Å². The molecule has 7 heteroatoms. The summed E-state index contributed by atoms with van der Waals surface area (Å²) in [5, 5.41) is 18.8. The Hall–Kier alpha value is -1.73. The van der Waals surface area contributed by atoms with Crippen molar-refractivity contribution in [2.45, 2.75) is 38.2 Å². The average Bonchev–Trinajstić information content (AvgIpc) is 3.05. The molecule has 3 rings (SSSR count). The van der Waals surface area contributed by atoms with Gasteiger partial charge in [0.05, 0.1) is 18.2 Å². The number of aryl methyl sites for hydroxylation is 2. The molecule has 1 saturated heterocycles. The lowest BCUT2D eigenvalue weighted by Gasteiger charge is -2.38. The van der Waals surface area contributed by atoms with Crippen LogP contribution in [0.1, 0.15) is 30.1 Å². The maximum absolute atomic E-state index is 10.8. The molecule has 1 aliphatic heterocycles. The van der Waals surface area contributed by atoms with Gasteiger partial charge in [0.25, 0.3) is 0 Å². The highest BCUT2D eigenvalue weighted by atomic mass is 16.5. The first kappa shape index (κ1) is 15.2. The van der Waals surface area contributed by atoms with Gasteiger partial charge in [-0.05, 0) is 38.3 Å². The molecule has 7 nitrogen and oxygen atoms in total. The maximum Gasteiger partial charge on any atom is 0.229 e. The second kappa shape index (κ2) is 6.18. The van der Waals surface area contributed by atoms with Gasteiger partial charge in [-0.3, -0.25) is 4.68 Å². The van der Waals surface area contributed by atoms with Crippen LogP contribution in [0.2, 0.25) is 0 Å². The van der Waals surface area contributed by atoms with Crippen LogP contribution in [-0.2, 0) is 19.9 Å². The highest BCUT2D eigenvalue weighted by molar-refractivity contribution is 5.04. The molecule has 1 N–H and O–H groups in total. The number of hydrogen-bond acceptors (Lipinski definition) is 6. The molecule has 2 aromatic heterocycles. The zero-order valence-electron chi connectivity index (χ0n) is 13.2. The molecule has 0 saturated carbocycles. The first-order valence-corrected chi connectivity index (χ1v) is 7.74. The van der Waals surface area contributed by atoms with E-state index in [0.29, 0.717) is 24.7 Å². The molecule has 1 atom stereocenters. The average molecular weight is 305 g/mol. The van der Waals surface area contributed by atoms with Gasteiger partial charge in [-0.25, -0.2) is 0 Å². The number of piperidine rings is 1. The van der Waals surface area contributed by atoms with E-state index in [1.54, 1.807) is 6.92 Å². The third-order valence-corrected chi connectivity index (χ3v) is 4.16. The van der Waals surface area contributed by atoms with Crippen LogP contribution < -0.4 is 0 Å². The van der Waals surface area contributed by atoms with Crippen LogP contribution in [0.3, 0.4) is 0 Å². The Morgan fingerprint density at radius 2 is 2.32 bits per heavy atom. The number of nitrogens with zero attached hydrogens (tertiary/aromatic N) is 5. The number of β-amino-alcohol motifs (C(OH)–C–C–N with tert-alkyl or cyclic N) is 1. The molecule has 1 unspecified atom stereocenters. The first-order valence-electron chi connectivity index (χ1n) is 7.74. The molecular weight excluding hydrogens is 282 g/mol. The van der Waals surface area contributed by atoms with Crippen molar-refractivity contribution < 1.29 is 9.63 Å². The lowest BCUT2D eigenvalue weighted by Crippen LogP contribution is -2.50. The van der Waals surface area contributed by atoms with Gasteiger partial charge in [0.15, 0.2) is 5.82 Å². The van der Waals surface area contributed by atoms with Crippen LogP contribution in [0.4, 0.5) is 0 Å². The Labute approximate surface area is 129 Å². The van der Waals surface area contributed by atoms with Gasteiger partial charge in [0, 0.05) is 26.3 Å². The van der Waals surface area contributed by atoms with Crippen LogP contribution in [0.25, 0.3) is 0 Å². The van der Waals surface area contributed by atoms with Gasteiger partial charge in [-0.15, -0.1) is 0 Å². The van der Waals surface area contributed by atoms with Crippen molar-refractivity contribution >= 4 is 0 Å². The fourth-order valence-electron chi connectivity index (χ4n) is 3.12. The smallest absolute Gasteiger partial charge is 0.229 e. The standard InChI is InChI=1S/C15H23N5O2/c1-12-17-14(22-18-12)8-15(21)5-3-6-20(11-15)7-4-13-9-16-19(2)10-13/h9-10,21H,3-8,11H2,1-2H3. The van der Waals surface area contributed by atoms with Crippen molar-refractivity contribution in [3.8, 4) is 0 Å². The zero-order chi connectivity index (χ0) is 15.6. The highest BCUT2D eigenvalue weighted by Gasteiger charge is 2.35. The number of aromatic nitrogens is 4. The maximum atomic E-state index is 10.8. The number of rotatable bonds is 5. The number of likely N-dealkylation sites (tertiary alicyclic amines) is 1. The molecular formula is C15H23N5O2. The third-order valence-electron chi connectivity index (χ3n) is 4.16. The van der Waals surface area contributed by atoms with Crippen molar-refractivity contribution in [2.75, 3.05) is 19.6 Å². The second-order valence-electron chi connectivity index (χ2n) is 6.29. The Morgan fingerprint density at radius 3 is 3.00 bits per heavy atom. The first-order chi connectivity index (χ1) is 10.5. The molecule has 2 aromatic rings. The summed E-state index contributed by atoms with van der Waals surface area (Å²) in [5.41, 5.74) is 0.454. The van der Waals surface area contributed by atoms with E-state index in [0.717, 1.165) is 32.4 Å². The molecule has 0 amide bonds. The fourth-order valence-corrected chi connectivity index (χ4v) is 3.12. The van der Waals surface area contributed by atoms with Gasteiger partial charge < -0.3 is 14.5 Å². The van der Waals surface area contributed by atoms with Crippen molar-refractivity contribution in [2.24, 2.45) is 7.05 Å². The fraction of sp³-hybridized carbons (Fsp3) is 0.667. The van der Waals surface area contributed by atoms with Gasteiger partial charge in [0.2, 0.25) is 5.89 Å². The summed E-state index contributed by atoms with van der Waals surface area (Å²) in [6, 6.07) is 0. The molecule has 0 aliphatic carbocycles. The Morgan fingerprint density at radius 1 is 1.45 bits per heavy atom. The number of hydrogen-bond donors (Lipinski definition) is 1. The van der Waals surface area contributed by atoms with Crippen molar-refractivity contribution in [1.82, 2.24) is 24.8 Å². The summed E-state index contributed by atoms with van der Waals surface area (Å²) < 4.78 is 6.97. The van der Waals surface area contributed by atoms with Crippen molar-refractivity contribution in [1.29, 1.82) is 0 Å². The Bertz CT molecular complexity index is 623. The van der Waals surface area contributed by atoms with E-state index < -0.39 is 5.60 Å². The van der Waals surface area contributed by atoms with E-state index in [4.69, 9.17) is 4.52 Å². The molecule has 22 heavy (non-hydrogen) atoms. The lowest BCUT2D eigenvalue weighted by molar-refractivity contribution is -0.0345. The van der Waals surface area contributed by atoms with Crippen LogP contribution >= 0.6 is 0 Å². The predicted octanol–water partition coefficient (Wildman–Crippen LogP) is 0.724.